The predicted octanol–water partition coefficient (Wildman–Crippen LogP) is 2.13. The molecule has 0 aromatic carbocycles. The van der Waals surface area contributed by atoms with Crippen molar-refractivity contribution in [2.75, 3.05) is 27.2 Å². The van der Waals surface area contributed by atoms with Crippen LogP contribution in [-0.2, 0) is 0 Å². The maximum Gasteiger partial charge on any atom is 0.254 e. The number of likely N-dealkylation sites (N-methyl/N-ethyl adjacent to an activating group) is 1. The van der Waals surface area contributed by atoms with Gasteiger partial charge >= 0.3 is 0 Å². The van der Waals surface area contributed by atoms with Gasteiger partial charge in [-0.15, -0.1) is 11.3 Å². The lowest BCUT2D eigenvalue weighted by Crippen LogP contribution is -2.34. The van der Waals surface area contributed by atoms with Gasteiger partial charge in [0, 0.05) is 24.5 Å². The lowest BCUT2D eigenvalue weighted by molar-refractivity contribution is 0.0783. The molecule has 0 N–H and O–H groups in total. The van der Waals surface area contributed by atoms with Gasteiger partial charge in [0.25, 0.3) is 5.91 Å². The van der Waals surface area contributed by atoms with E-state index in [9.17, 15) is 4.79 Å². The number of rotatable bonds is 2. The van der Waals surface area contributed by atoms with Crippen molar-refractivity contribution in [1.82, 2.24) is 9.80 Å². The number of hydrogen-bond acceptors (Lipinski definition) is 3. The first-order chi connectivity index (χ1) is 7.58. The van der Waals surface area contributed by atoms with E-state index < -0.39 is 0 Å². The number of nitrogens with zero attached hydrogens (tertiary/aromatic N) is 2. The standard InChI is InChI=1S/C11H15IN2OS/c1-13(2)9-3-4-14(6-9)11(15)8-5-10(12)16-7-8/h5,7,9H,3-4,6H2,1-2H3. The smallest absolute Gasteiger partial charge is 0.254 e. The van der Waals surface area contributed by atoms with E-state index in [0.717, 1.165) is 25.1 Å². The Morgan fingerprint density at radius 1 is 1.62 bits per heavy atom. The average molecular weight is 350 g/mol. The van der Waals surface area contributed by atoms with Gasteiger partial charge in [-0.2, -0.15) is 0 Å². The molecule has 5 heteroatoms. The molecular weight excluding hydrogens is 335 g/mol. The van der Waals surface area contributed by atoms with Crippen LogP contribution >= 0.6 is 33.9 Å². The van der Waals surface area contributed by atoms with Crippen LogP contribution in [0.3, 0.4) is 0 Å². The maximum absolute atomic E-state index is 12.1. The first-order valence-electron chi connectivity index (χ1n) is 5.27. The molecule has 1 unspecified atom stereocenters. The van der Waals surface area contributed by atoms with Crippen molar-refractivity contribution in [2.24, 2.45) is 0 Å². The molecule has 1 fully saturated rings. The molecule has 88 valence electrons. The van der Waals surface area contributed by atoms with Gasteiger partial charge in [-0.1, -0.05) is 0 Å². The molecule has 1 aromatic heterocycles. The zero-order valence-corrected chi connectivity index (χ0v) is 12.4. The summed E-state index contributed by atoms with van der Waals surface area (Å²) in [5, 5.41) is 1.95. The Morgan fingerprint density at radius 2 is 2.38 bits per heavy atom. The fourth-order valence-corrected chi connectivity index (χ4v) is 3.27. The zero-order valence-electron chi connectivity index (χ0n) is 9.44. The van der Waals surface area contributed by atoms with Crippen LogP contribution in [0.5, 0.6) is 0 Å². The molecule has 0 bridgehead atoms. The van der Waals surface area contributed by atoms with Crippen LogP contribution in [0.4, 0.5) is 0 Å². The van der Waals surface area contributed by atoms with Gasteiger partial charge in [0.2, 0.25) is 0 Å². The fourth-order valence-electron chi connectivity index (χ4n) is 1.95. The number of carbonyl (C=O) groups excluding carboxylic acids is 1. The summed E-state index contributed by atoms with van der Waals surface area (Å²) in [4.78, 5) is 16.3. The molecule has 1 aromatic rings. The van der Waals surface area contributed by atoms with Gasteiger partial charge in [-0.25, -0.2) is 0 Å². The predicted molar refractivity (Wildman–Crippen MR) is 75.0 cm³/mol. The Labute approximate surface area is 114 Å². The SMILES string of the molecule is CN(C)C1CCN(C(=O)c2csc(I)c2)C1. The van der Waals surface area contributed by atoms with E-state index in [1.54, 1.807) is 11.3 Å². The van der Waals surface area contributed by atoms with Crippen LogP contribution in [0.2, 0.25) is 0 Å². The van der Waals surface area contributed by atoms with Crippen molar-refractivity contribution < 1.29 is 4.79 Å². The van der Waals surface area contributed by atoms with Gasteiger partial charge in [0.05, 0.1) is 8.45 Å². The normalized spacial score (nSPS) is 20.8. The highest BCUT2D eigenvalue weighted by Gasteiger charge is 2.28. The number of likely N-dealkylation sites (tertiary alicyclic amines) is 1. The fraction of sp³-hybridized carbons (Fsp3) is 0.545. The van der Waals surface area contributed by atoms with Crippen LogP contribution in [0.25, 0.3) is 0 Å². The maximum atomic E-state index is 12.1. The van der Waals surface area contributed by atoms with E-state index in [1.165, 1.54) is 2.88 Å². The van der Waals surface area contributed by atoms with Crippen molar-refractivity contribution in [3.63, 3.8) is 0 Å². The van der Waals surface area contributed by atoms with E-state index in [2.05, 4.69) is 41.6 Å². The third-order valence-electron chi connectivity index (χ3n) is 3.00. The van der Waals surface area contributed by atoms with Crippen molar-refractivity contribution >= 4 is 39.8 Å². The largest absolute Gasteiger partial charge is 0.337 e. The number of amides is 1. The summed E-state index contributed by atoms with van der Waals surface area (Å²) in [6, 6.07) is 2.48. The Hall–Kier alpha value is -0.140. The Morgan fingerprint density at radius 3 is 2.88 bits per heavy atom. The summed E-state index contributed by atoms with van der Waals surface area (Å²) in [6.07, 6.45) is 1.08. The molecule has 1 saturated heterocycles. The molecule has 1 atom stereocenters. The monoisotopic (exact) mass is 350 g/mol. The van der Waals surface area contributed by atoms with Gasteiger partial charge in [0.15, 0.2) is 0 Å². The van der Waals surface area contributed by atoms with E-state index in [4.69, 9.17) is 0 Å². The topological polar surface area (TPSA) is 23.6 Å². The summed E-state index contributed by atoms with van der Waals surface area (Å²) < 4.78 is 1.17. The van der Waals surface area contributed by atoms with Crippen LogP contribution in [0.1, 0.15) is 16.8 Å². The second-order valence-electron chi connectivity index (χ2n) is 4.30. The number of hydrogen-bond donors (Lipinski definition) is 0. The van der Waals surface area contributed by atoms with Crippen molar-refractivity contribution in [1.29, 1.82) is 0 Å². The Kier molecular flexibility index (Phi) is 3.86. The third kappa shape index (κ3) is 2.57. The number of halogens is 1. The summed E-state index contributed by atoms with van der Waals surface area (Å²) in [5.74, 6) is 0.184. The lowest BCUT2D eigenvalue weighted by Gasteiger charge is -2.20. The lowest BCUT2D eigenvalue weighted by atomic mass is 10.2. The molecule has 1 aliphatic heterocycles. The second kappa shape index (κ2) is 5.01. The third-order valence-corrected chi connectivity index (χ3v) is 4.78. The van der Waals surface area contributed by atoms with E-state index in [-0.39, 0.29) is 5.91 Å². The minimum absolute atomic E-state index is 0.184. The zero-order chi connectivity index (χ0) is 11.7. The molecule has 16 heavy (non-hydrogen) atoms. The highest BCUT2D eigenvalue weighted by molar-refractivity contribution is 14.1. The second-order valence-corrected chi connectivity index (χ2v) is 7.10. The molecule has 1 amide bonds. The van der Waals surface area contributed by atoms with Crippen LogP contribution in [0.15, 0.2) is 11.4 Å². The molecule has 0 saturated carbocycles. The van der Waals surface area contributed by atoms with Crippen molar-refractivity contribution in [3.8, 4) is 0 Å². The Bertz CT molecular complexity index is 391. The summed E-state index contributed by atoms with van der Waals surface area (Å²) in [7, 11) is 4.15. The first-order valence-corrected chi connectivity index (χ1v) is 7.23. The van der Waals surface area contributed by atoms with Crippen LogP contribution in [-0.4, -0.2) is 48.9 Å². The summed E-state index contributed by atoms with van der Waals surface area (Å²) in [5.41, 5.74) is 0.841. The van der Waals surface area contributed by atoms with E-state index in [0.29, 0.717) is 6.04 Å². The summed E-state index contributed by atoms with van der Waals surface area (Å²) >= 11 is 3.88. The van der Waals surface area contributed by atoms with Crippen molar-refractivity contribution in [2.45, 2.75) is 12.5 Å². The van der Waals surface area contributed by atoms with Gasteiger partial charge in [-0.05, 0) is 49.2 Å². The van der Waals surface area contributed by atoms with Gasteiger partial charge < -0.3 is 9.80 Å². The highest BCUT2D eigenvalue weighted by atomic mass is 127. The first kappa shape index (κ1) is 12.3. The molecule has 0 radical (unpaired) electrons. The molecule has 2 rings (SSSR count). The van der Waals surface area contributed by atoms with Crippen molar-refractivity contribution in [3.05, 3.63) is 19.9 Å². The molecule has 2 heterocycles. The van der Waals surface area contributed by atoms with Crippen LogP contribution < -0.4 is 0 Å². The van der Waals surface area contributed by atoms with Gasteiger partial charge in [-0.3, -0.25) is 4.79 Å². The van der Waals surface area contributed by atoms with Gasteiger partial charge in [0.1, 0.15) is 0 Å². The van der Waals surface area contributed by atoms with E-state index in [1.807, 2.05) is 16.3 Å². The molecular formula is C11H15IN2OS. The quantitative estimate of drug-likeness (QED) is 0.763. The molecule has 1 aliphatic rings. The molecule has 0 spiro atoms. The average Bonchev–Trinajstić information content (AvgIpc) is 2.84. The van der Waals surface area contributed by atoms with Crippen LogP contribution in [0, 0.1) is 2.88 Å². The molecule has 0 aliphatic carbocycles. The number of carbonyl (C=O) groups is 1. The Balaban J connectivity index is 2.02. The minimum atomic E-state index is 0.184. The van der Waals surface area contributed by atoms with E-state index >= 15 is 0 Å². The summed E-state index contributed by atoms with van der Waals surface area (Å²) in [6.45, 7) is 1.74. The highest BCUT2D eigenvalue weighted by Crippen LogP contribution is 2.21. The minimum Gasteiger partial charge on any atom is -0.337 e. The molecule has 3 nitrogen and oxygen atoms in total. The number of thiophene rings is 1.